The van der Waals surface area contributed by atoms with Crippen molar-refractivity contribution in [3.05, 3.63) is 20.3 Å². The van der Waals surface area contributed by atoms with Crippen molar-refractivity contribution in [1.29, 1.82) is 0 Å². The second-order valence-corrected chi connectivity index (χ2v) is 7.89. The van der Waals surface area contributed by atoms with Crippen LogP contribution in [0.4, 0.5) is 0 Å². The zero-order valence-electron chi connectivity index (χ0n) is 11.3. The molecule has 0 spiro atoms. The molecular weight excluding hydrogens is 310 g/mol. The summed E-state index contributed by atoms with van der Waals surface area (Å²) in [6.07, 6.45) is 3.46. The van der Waals surface area contributed by atoms with Gasteiger partial charge in [-0.05, 0) is 52.7 Å². The van der Waals surface area contributed by atoms with E-state index in [2.05, 4.69) is 29.8 Å². The van der Waals surface area contributed by atoms with Crippen molar-refractivity contribution in [3.63, 3.8) is 0 Å². The van der Waals surface area contributed by atoms with Gasteiger partial charge < -0.3 is 4.90 Å². The molecule has 1 amide bonds. The second-order valence-electron chi connectivity index (χ2n) is 5.52. The first-order valence-corrected chi connectivity index (χ1v) is 8.11. The number of aryl methyl sites for hydroxylation is 1. The molecule has 1 aromatic rings. The van der Waals surface area contributed by atoms with Gasteiger partial charge in [-0.15, -0.1) is 11.3 Å². The maximum Gasteiger partial charge on any atom is 0.263 e. The fourth-order valence-electron chi connectivity index (χ4n) is 2.32. The molecule has 4 heteroatoms. The first-order valence-electron chi connectivity index (χ1n) is 6.50. The summed E-state index contributed by atoms with van der Waals surface area (Å²) in [5, 5.41) is 0. The largest absolute Gasteiger partial charge is 0.338 e. The Balaban J connectivity index is 2.04. The maximum atomic E-state index is 12.4. The predicted octanol–water partition coefficient (Wildman–Crippen LogP) is 4.47. The molecule has 0 saturated carbocycles. The van der Waals surface area contributed by atoms with E-state index in [9.17, 15) is 4.79 Å². The highest BCUT2D eigenvalue weighted by Gasteiger charge is 2.31. The highest BCUT2D eigenvalue weighted by molar-refractivity contribution is 9.11. The molecule has 0 aromatic carbocycles. The number of likely N-dealkylation sites (tertiary alicyclic amines) is 1. The number of rotatable bonds is 2. The van der Waals surface area contributed by atoms with Crippen LogP contribution >= 0.6 is 27.3 Å². The Bertz CT molecular complexity index is 427. The monoisotopic (exact) mass is 329 g/mol. The number of thiophene rings is 1. The van der Waals surface area contributed by atoms with E-state index in [1.165, 1.54) is 6.42 Å². The molecule has 2 nitrogen and oxygen atoms in total. The molecular formula is C14H20BrNOS. The molecule has 2 heterocycles. The van der Waals surface area contributed by atoms with Gasteiger partial charge in [-0.25, -0.2) is 0 Å². The summed E-state index contributed by atoms with van der Waals surface area (Å²) >= 11 is 5.03. The van der Waals surface area contributed by atoms with E-state index >= 15 is 0 Å². The molecule has 1 aliphatic heterocycles. The minimum atomic E-state index is 0.201. The average Bonchev–Trinajstić information content (AvgIpc) is 2.70. The Morgan fingerprint density at radius 1 is 1.50 bits per heavy atom. The van der Waals surface area contributed by atoms with Gasteiger partial charge in [-0.3, -0.25) is 4.79 Å². The van der Waals surface area contributed by atoms with Gasteiger partial charge in [0.25, 0.3) is 5.91 Å². The Kier molecular flexibility index (Phi) is 4.17. The lowest BCUT2D eigenvalue weighted by molar-refractivity contribution is 0.0605. The van der Waals surface area contributed by atoms with Gasteiger partial charge in [-0.1, -0.05) is 20.3 Å². The van der Waals surface area contributed by atoms with Crippen LogP contribution in [0.2, 0.25) is 0 Å². The summed E-state index contributed by atoms with van der Waals surface area (Å²) in [5.74, 6) is 0.201. The maximum absolute atomic E-state index is 12.4. The molecule has 1 fully saturated rings. The fraction of sp³-hybridized carbons (Fsp3) is 0.643. The Labute approximate surface area is 122 Å². The van der Waals surface area contributed by atoms with Crippen molar-refractivity contribution in [2.75, 3.05) is 13.1 Å². The Morgan fingerprint density at radius 3 is 2.56 bits per heavy atom. The van der Waals surface area contributed by atoms with Crippen LogP contribution in [0.25, 0.3) is 0 Å². The van der Waals surface area contributed by atoms with Crippen LogP contribution in [0.1, 0.15) is 48.3 Å². The first-order chi connectivity index (χ1) is 8.45. The highest BCUT2D eigenvalue weighted by Crippen LogP contribution is 2.35. The first kappa shape index (κ1) is 14.1. The van der Waals surface area contributed by atoms with Crippen LogP contribution in [0, 0.1) is 12.3 Å². The van der Waals surface area contributed by atoms with Crippen molar-refractivity contribution in [2.45, 2.75) is 40.0 Å². The molecule has 0 aliphatic carbocycles. The number of piperidine rings is 1. The number of hydrogen-bond acceptors (Lipinski definition) is 2. The third-order valence-corrected chi connectivity index (χ3v) is 6.30. The zero-order chi connectivity index (χ0) is 13.3. The van der Waals surface area contributed by atoms with Gasteiger partial charge in [0.2, 0.25) is 0 Å². The molecule has 1 aromatic heterocycles. The van der Waals surface area contributed by atoms with Crippen LogP contribution in [0.15, 0.2) is 9.85 Å². The van der Waals surface area contributed by atoms with Crippen molar-refractivity contribution in [1.82, 2.24) is 4.90 Å². The number of nitrogens with zero attached hydrogens (tertiary/aromatic N) is 1. The summed E-state index contributed by atoms with van der Waals surface area (Å²) in [5.41, 5.74) is 1.58. The third-order valence-electron chi connectivity index (χ3n) is 4.18. The minimum absolute atomic E-state index is 0.201. The van der Waals surface area contributed by atoms with Crippen LogP contribution in [-0.4, -0.2) is 23.9 Å². The standard InChI is InChI=1S/C14H20BrNOS/c1-4-14(3)5-7-16(8-6-14)13(17)11-9-10(2)12(15)18-11/h9H,4-8H2,1-3H3. The Morgan fingerprint density at radius 2 is 2.11 bits per heavy atom. The van der Waals surface area contributed by atoms with E-state index in [0.29, 0.717) is 5.41 Å². The van der Waals surface area contributed by atoms with Gasteiger partial charge in [0.05, 0.1) is 8.66 Å². The lowest BCUT2D eigenvalue weighted by Gasteiger charge is -2.38. The van der Waals surface area contributed by atoms with Crippen molar-refractivity contribution in [3.8, 4) is 0 Å². The summed E-state index contributed by atoms with van der Waals surface area (Å²) in [6, 6.07) is 1.99. The number of carbonyl (C=O) groups is 1. The van der Waals surface area contributed by atoms with Gasteiger partial charge in [-0.2, -0.15) is 0 Å². The predicted molar refractivity (Wildman–Crippen MR) is 80.3 cm³/mol. The average molecular weight is 330 g/mol. The van der Waals surface area contributed by atoms with E-state index in [0.717, 1.165) is 40.2 Å². The molecule has 100 valence electrons. The van der Waals surface area contributed by atoms with Gasteiger partial charge >= 0.3 is 0 Å². The second kappa shape index (κ2) is 5.33. The number of halogens is 1. The van der Waals surface area contributed by atoms with E-state index in [4.69, 9.17) is 0 Å². The highest BCUT2D eigenvalue weighted by atomic mass is 79.9. The number of amides is 1. The quantitative estimate of drug-likeness (QED) is 0.783. The molecule has 0 atom stereocenters. The Hall–Kier alpha value is -0.350. The number of carbonyl (C=O) groups excluding carboxylic acids is 1. The summed E-state index contributed by atoms with van der Waals surface area (Å²) in [4.78, 5) is 15.2. The fourth-order valence-corrected chi connectivity index (χ4v) is 3.83. The van der Waals surface area contributed by atoms with Crippen molar-refractivity contribution >= 4 is 33.2 Å². The molecule has 0 unspecified atom stereocenters. The van der Waals surface area contributed by atoms with Crippen molar-refractivity contribution in [2.24, 2.45) is 5.41 Å². The van der Waals surface area contributed by atoms with Gasteiger partial charge in [0.15, 0.2) is 0 Å². The minimum Gasteiger partial charge on any atom is -0.338 e. The van der Waals surface area contributed by atoms with Crippen molar-refractivity contribution < 1.29 is 4.79 Å². The molecule has 2 rings (SSSR count). The van der Waals surface area contributed by atoms with E-state index in [-0.39, 0.29) is 5.91 Å². The number of hydrogen-bond donors (Lipinski definition) is 0. The van der Waals surface area contributed by atoms with E-state index in [1.54, 1.807) is 11.3 Å². The molecule has 0 N–H and O–H groups in total. The summed E-state index contributed by atoms with van der Waals surface area (Å²) in [6.45, 7) is 8.41. The van der Waals surface area contributed by atoms with Gasteiger partial charge in [0.1, 0.15) is 0 Å². The van der Waals surface area contributed by atoms with E-state index < -0.39 is 0 Å². The van der Waals surface area contributed by atoms with Crippen LogP contribution in [-0.2, 0) is 0 Å². The summed E-state index contributed by atoms with van der Waals surface area (Å²) in [7, 11) is 0. The smallest absolute Gasteiger partial charge is 0.263 e. The van der Waals surface area contributed by atoms with Crippen LogP contribution < -0.4 is 0 Å². The third kappa shape index (κ3) is 2.80. The SMILES string of the molecule is CCC1(C)CCN(C(=O)c2cc(C)c(Br)s2)CC1. The lowest BCUT2D eigenvalue weighted by Crippen LogP contribution is -2.41. The molecule has 0 radical (unpaired) electrons. The topological polar surface area (TPSA) is 20.3 Å². The molecule has 18 heavy (non-hydrogen) atoms. The van der Waals surface area contributed by atoms with Crippen LogP contribution in [0.3, 0.4) is 0 Å². The lowest BCUT2D eigenvalue weighted by atomic mass is 9.78. The van der Waals surface area contributed by atoms with E-state index in [1.807, 2.05) is 17.9 Å². The zero-order valence-corrected chi connectivity index (χ0v) is 13.7. The molecule has 1 aliphatic rings. The normalized spacial score (nSPS) is 19.0. The molecule has 1 saturated heterocycles. The summed E-state index contributed by atoms with van der Waals surface area (Å²) < 4.78 is 1.07. The molecule has 0 bridgehead atoms. The van der Waals surface area contributed by atoms with Gasteiger partial charge in [0, 0.05) is 13.1 Å². The van der Waals surface area contributed by atoms with Crippen LogP contribution in [0.5, 0.6) is 0 Å².